The van der Waals surface area contributed by atoms with Crippen LogP contribution in [0.1, 0.15) is 12.0 Å². The number of carbonyl (C=O) groups is 1. The number of benzene rings is 2. The molecule has 0 aliphatic rings. The number of hydrogen-bond donors (Lipinski definition) is 1. The van der Waals surface area contributed by atoms with Crippen molar-refractivity contribution in [2.24, 2.45) is 0 Å². The number of rotatable bonds is 8. The first-order valence-corrected chi connectivity index (χ1v) is 9.09. The summed E-state index contributed by atoms with van der Waals surface area (Å²) < 4.78 is 47.7. The van der Waals surface area contributed by atoms with Gasteiger partial charge in [0, 0.05) is 17.4 Å². The summed E-state index contributed by atoms with van der Waals surface area (Å²) in [5.74, 6) is -0.0436. The second-order valence-corrected chi connectivity index (χ2v) is 6.69. The second-order valence-electron chi connectivity index (χ2n) is 5.67. The second kappa shape index (κ2) is 9.55. The average molecular weight is 399 g/mol. The van der Waals surface area contributed by atoms with Gasteiger partial charge >= 0.3 is 6.18 Å². The summed E-state index contributed by atoms with van der Waals surface area (Å²) in [6, 6.07) is 11.8. The Balaban J connectivity index is 1.98. The molecule has 0 unspecified atom stereocenters. The number of anilines is 1. The van der Waals surface area contributed by atoms with Crippen LogP contribution >= 0.6 is 11.8 Å². The monoisotopic (exact) mass is 399 g/mol. The van der Waals surface area contributed by atoms with Gasteiger partial charge in [0.1, 0.15) is 11.5 Å². The van der Waals surface area contributed by atoms with E-state index in [4.69, 9.17) is 9.47 Å². The number of para-hydroxylation sites is 1. The van der Waals surface area contributed by atoms with E-state index in [1.165, 1.54) is 0 Å². The lowest BCUT2D eigenvalue weighted by atomic mass is 10.1. The minimum absolute atomic E-state index is 0.175. The first-order valence-electron chi connectivity index (χ1n) is 8.11. The van der Waals surface area contributed by atoms with Gasteiger partial charge in [0.25, 0.3) is 0 Å². The standard InChI is InChI=1S/C19H20F3NO3S/c1-25-14-9-13(10-15(11-14)26-2)7-8-18(24)23-16-5-3-4-6-17(16)27-12-19(20,21)22/h3-6,9-11H,7-8,12H2,1-2H3,(H,23,24). The molecule has 2 rings (SSSR count). The van der Waals surface area contributed by atoms with Crippen LogP contribution in [0, 0.1) is 0 Å². The summed E-state index contributed by atoms with van der Waals surface area (Å²) in [6.45, 7) is 0. The van der Waals surface area contributed by atoms with E-state index in [0.717, 1.165) is 5.56 Å². The normalized spacial score (nSPS) is 11.1. The Morgan fingerprint density at radius 1 is 1.07 bits per heavy atom. The maximum atomic E-state index is 12.4. The molecule has 2 aromatic rings. The molecule has 0 aromatic heterocycles. The third-order valence-corrected chi connectivity index (χ3v) is 4.74. The molecule has 0 fully saturated rings. The topological polar surface area (TPSA) is 47.6 Å². The van der Waals surface area contributed by atoms with Gasteiger partial charge in [0.2, 0.25) is 5.91 Å². The van der Waals surface area contributed by atoms with Gasteiger partial charge in [-0.1, -0.05) is 12.1 Å². The van der Waals surface area contributed by atoms with Crippen molar-refractivity contribution in [3.8, 4) is 11.5 Å². The lowest BCUT2D eigenvalue weighted by Crippen LogP contribution is -2.14. The number of nitrogens with one attached hydrogen (secondary N) is 1. The van der Waals surface area contributed by atoms with Gasteiger partial charge in [-0.25, -0.2) is 0 Å². The SMILES string of the molecule is COc1cc(CCC(=O)Nc2ccccc2SCC(F)(F)F)cc(OC)c1. The Morgan fingerprint density at radius 2 is 1.70 bits per heavy atom. The molecule has 4 nitrogen and oxygen atoms in total. The molecule has 0 radical (unpaired) electrons. The zero-order valence-corrected chi connectivity index (χ0v) is 15.7. The van der Waals surface area contributed by atoms with E-state index in [9.17, 15) is 18.0 Å². The largest absolute Gasteiger partial charge is 0.497 e. The number of hydrogen-bond acceptors (Lipinski definition) is 4. The molecule has 8 heteroatoms. The number of carbonyl (C=O) groups excluding carboxylic acids is 1. The number of halogens is 3. The number of ether oxygens (including phenoxy) is 2. The fraction of sp³-hybridized carbons (Fsp3) is 0.316. The van der Waals surface area contributed by atoms with Crippen molar-refractivity contribution < 1.29 is 27.4 Å². The number of thioether (sulfide) groups is 1. The van der Waals surface area contributed by atoms with Gasteiger partial charge in [0.15, 0.2) is 0 Å². The highest BCUT2D eigenvalue weighted by Gasteiger charge is 2.27. The van der Waals surface area contributed by atoms with Gasteiger partial charge in [-0.2, -0.15) is 13.2 Å². The lowest BCUT2D eigenvalue weighted by molar-refractivity contribution is -0.116. The highest BCUT2D eigenvalue weighted by atomic mass is 32.2. The molecule has 0 aliphatic carbocycles. The van der Waals surface area contributed by atoms with Crippen molar-refractivity contribution in [1.29, 1.82) is 0 Å². The van der Waals surface area contributed by atoms with Crippen molar-refractivity contribution in [2.45, 2.75) is 23.9 Å². The van der Waals surface area contributed by atoms with E-state index in [-0.39, 0.29) is 12.3 Å². The van der Waals surface area contributed by atoms with Gasteiger partial charge in [-0.05, 0) is 36.2 Å². The summed E-state index contributed by atoms with van der Waals surface area (Å²) in [7, 11) is 3.08. The lowest BCUT2D eigenvalue weighted by Gasteiger charge is -2.12. The maximum absolute atomic E-state index is 12.4. The fourth-order valence-electron chi connectivity index (χ4n) is 2.34. The molecule has 146 valence electrons. The van der Waals surface area contributed by atoms with Crippen LogP contribution in [0.5, 0.6) is 11.5 Å². The Labute approximate surface area is 160 Å². The van der Waals surface area contributed by atoms with E-state index < -0.39 is 11.9 Å². The van der Waals surface area contributed by atoms with Gasteiger partial charge in [-0.15, -0.1) is 11.8 Å². The van der Waals surface area contributed by atoms with Crippen LogP contribution < -0.4 is 14.8 Å². The molecule has 0 spiro atoms. The zero-order valence-electron chi connectivity index (χ0n) is 14.9. The van der Waals surface area contributed by atoms with Crippen molar-refractivity contribution in [3.63, 3.8) is 0 Å². The number of amides is 1. The number of alkyl halides is 3. The predicted molar refractivity (Wildman–Crippen MR) is 99.7 cm³/mol. The van der Waals surface area contributed by atoms with Crippen molar-refractivity contribution in [3.05, 3.63) is 48.0 Å². The third kappa shape index (κ3) is 7.05. The smallest absolute Gasteiger partial charge is 0.398 e. The van der Waals surface area contributed by atoms with Crippen molar-refractivity contribution in [1.82, 2.24) is 0 Å². The van der Waals surface area contributed by atoms with Gasteiger partial charge in [-0.3, -0.25) is 4.79 Å². The molecule has 0 saturated heterocycles. The molecule has 0 heterocycles. The van der Waals surface area contributed by atoms with E-state index in [1.807, 2.05) is 12.1 Å². The first-order chi connectivity index (χ1) is 12.8. The third-order valence-electron chi connectivity index (χ3n) is 3.60. The van der Waals surface area contributed by atoms with Crippen LogP contribution in [-0.2, 0) is 11.2 Å². The number of aryl methyl sites for hydroxylation is 1. The molecule has 1 amide bonds. The average Bonchev–Trinajstić information content (AvgIpc) is 2.64. The van der Waals surface area contributed by atoms with Crippen LogP contribution in [-0.4, -0.2) is 32.1 Å². The Hall–Kier alpha value is -2.35. The molecule has 0 bridgehead atoms. The quantitative estimate of drug-likeness (QED) is 0.640. The molecule has 0 atom stereocenters. The fourth-order valence-corrected chi connectivity index (χ4v) is 3.11. The van der Waals surface area contributed by atoms with E-state index in [1.54, 1.807) is 44.6 Å². The van der Waals surface area contributed by atoms with E-state index in [2.05, 4.69) is 5.32 Å². The van der Waals surface area contributed by atoms with Crippen LogP contribution in [0.3, 0.4) is 0 Å². The van der Waals surface area contributed by atoms with E-state index >= 15 is 0 Å². The highest BCUT2D eigenvalue weighted by molar-refractivity contribution is 7.99. The summed E-state index contributed by atoms with van der Waals surface area (Å²) in [6.07, 6.45) is -3.65. The minimum Gasteiger partial charge on any atom is -0.497 e. The summed E-state index contributed by atoms with van der Waals surface area (Å²) in [5, 5.41) is 2.68. The summed E-state index contributed by atoms with van der Waals surface area (Å²) >= 11 is 0.648. The van der Waals surface area contributed by atoms with Gasteiger partial charge < -0.3 is 14.8 Å². The molecule has 0 aliphatic heterocycles. The van der Waals surface area contributed by atoms with E-state index in [0.29, 0.717) is 40.3 Å². The molecular weight excluding hydrogens is 379 g/mol. The van der Waals surface area contributed by atoms with Crippen molar-refractivity contribution in [2.75, 3.05) is 25.3 Å². The number of methoxy groups -OCH3 is 2. The Bertz CT molecular complexity index is 759. The maximum Gasteiger partial charge on any atom is 0.398 e. The Kier molecular flexibility index (Phi) is 7.41. The minimum atomic E-state index is -4.27. The molecule has 0 saturated carbocycles. The molecule has 1 N–H and O–H groups in total. The van der Waals surface area contributed by atoms with Crippen molar-refractivity contribution >= 4 is 23.4 Å². The predicted octanol–water partition coefficient (Wildman–Crippen LogP) is 4.93. The zero-order chi connectivity index (χ0) is 19.9. The van der Waals surface area contributed by atoms with Gasteiger partial charge in [0.05, 0.1) is 25.7 Å². The van der Waals surface area contributed by atoms with Crippen LogP contribution in [0.2, 0.25) is 0 Å². The Morgan fingerprint density at radius 3 is 2.30 bits per heavy atom. The molecule has 27 heavy (non-hydrogen) atoms. The molecular formula is C19H20F3NO3S. The van der Waals surface area contributed by atoms with Crippen LogP contribution in [0.4, 0.5) is 18.9 Å². The van der Waals surface area contributed by atoms with Crippen LogP contribution in [0.15, 0.2) is 47.4 Å². The summed E-state index contributed by atoms with van der Waals surface area (Å²) in [5.41, 5.74) is 1.24. The summed E-state index contributed by atoms with van der Waals surface area (Å²) in [4.78, 5) is 12.6. The van der Waals surface area contributed by atoms with Crippen LogP contribution in [0.25, 0.3) is 0 Å². The molecule has 2 aromatic carbocycles. The highest BCUT2D eigenvalue weighted by Crippen LogP contribution is 2.32. The first kappa shape index (κ1) is 21.0.